The van der Waals surface area contributed by atoms with Crippen molar-refractivity contribution in [2.45, 2.75) is 6.36 Å². The van der Waals surface area contributed by atoms with Crippen molar-refractivity contribution in [1.29, 1.82) is 0 Å². The van der Waals surface area contributed by atoms with Crippen LogP contribution in [0, 0.1) is 11.8 Å². The molecule has 0 aliphatic heterocycles. The number of anilines is 1. The van der Waals surface area contributed by atoms with Gasteiger partial charge in [0, 0.05) is 11.6 Å². The molecule has 0 aromatic heterocycles. The molecule has 0 atom stereocenters. The smallest absolute Gasteiger partial charge is 0.406 e. The maximum Gasteiger partial charge on any atom is 0.573 e. The Morgan fingerprint density at radius 1 is 1.38 bits per heavy atom. The highest BCUT2D eigenvalue weighted by molar-refractivity contribution is 9.09. The van der Waals surface area contributed by atoms with Crippen LogP contribution in [-0.2, 0) is 0 Å². The van der Waals surface area contributed by atoms with Crippen LogP contribution in [0.3, 0.4) is 0 Å². The van der Waals surface area contributed by atoms with Gasteiger partial charge in [0.25, 0.3) is 0 Å². The number of nitrogen functional groups attached to an aromatic ring is 1. The molecule has 86 valence electrons. The molecule has 1 aromatic carbocycles. The summed E-state index contributed by atoms with van der Waals surface area (Å²) in [4.78, 5) is 0. The molecule has 0 unspecified atom stereocenters. The van der Waals surface area contributed by atoms with E-state index in [1.165, 1.54) is 12.1 Å². The molecule has 0 radical (unpaired) electrons. The van der Waals surface area contributed by atoms with E-state index in [9.17, 15) is 13.2 Å². The van der Waals surface area contributed by atoms with Crippen LogP contribution in [0.15, 0.2) is 18.2 Å². The van der Waals surface area contributed by atoms with Gasteiger partial charge in [-0.05, 0) is 12.1 Å². The van der Waals surface area contributed by atoms with E-state index in [2.05, 4.69) is 32.5 Å². The fourth-order valence-corrected chi connectivity index (χ4v) is 1.12. The molecular weight excluding hydrogens is 287 g/mol. The Kier molecular flexibility index (Phi) is 4.07. The minimum Gasteiger partial charge on any atom is -0.406 e. The fraction of sp³-hybridized carbons (Fsp3) is 0.200. The number of hydrogen-bond donors (Lipinski definition) is 1. The lowest BCUT2D eigenvalue weighted by Gasteiger charge is -2.09. The van der Waals surface area contributed by atoms with Crippen molar-refractivity contribution in [3.05, 3.63) is 23.8 Å². The normalized spacial score (nSPS) is 10.5. The third-order valence-electron chi connectivity index (χ3n) is 1.55. The van der Waals surface area contributed by atoms with Crippen molar-refractivity contribution in [3.63, 3.8) is 0 Å². The van der Waals surface area contributed by atoms with E-state index < -0.39 is 6.36 Å². The van der Waals surface area contributed by atoms with Crippen LogP contribution in [-0.4, -0.2) is 11.7 Å². The average Bonchev–Trinajstić information content (AvgIpc) is 2.14. The molecule has 6 heteroatoms. The predicted molar refractivity (Wildman–Crippen MR) is 58.2 cm³/mol. The van der Waals surface area contributed by atoms with Gasteiger partial charge in [-0.15, -0.1) is 13.2 Å². The number of alkyl halides is 4. The summed E-state index contributed by atoms with van der Waals surface area (Å²) in [6.45, 7) is 0. The van der Waals surface area contributed by atoms with Crippen LogP contribution >= 0.6 is 15.9 Å². The lowest BCUT2D eigenvalue weighted by molar-refractivity contribution is -0.274. The van der Waals surface area contributed by atoms with Gasteiger partial charge in [0.1, 0.15) is 5.75 Å². The van der Waals surface area contributed by atoms with E-state index in [0.717, 1.165) is 6.07 Å². The van der Waals surface area contributed by atoms with Gasteiger partial charge < -0.3 is 10.5 Å². The van der Waals surface area contributed by atoms with Gasteiger partial charge in [0.05, 0.1) is 11.0 Å². The second-order valence-corrected chi connectivity index (χ2v) is 3.29. The van der Waals surface area contributed by atoms with E-state index in [-0.39, 0.29) is 11.4 Å². The maximum absolute atomic E-state index is 11.9. The van der Waals surface area contributed by atoms with Gasteiger partial charge in [0.2, 0.25) is 0 Å². The third kappa shape index (κ3) is 4.03. The Hall–Kier alpha value is -1.35. The highest BCUT2D eigenvalue weighted by Gasteiger charge is 2.31. The maximum atomic E-state index is 11.9. The summed E-state index contributed by atoms with van der Waals surface area (Å²) < 4.78 is 39.3. The lowest BCUT2D eigenvalue weighted by atomic mass is 10.2. The average molecular weight is 294 g/mol. The zero-order valence-corrected chi connectivity index (χ0v) is 9.52. The molecule has 0 amide bonds. The summed E-state index contributed by atoms with van der Waals surface area (Å²) >= 11 is 3.10. The SMILES string of the molecule is Nc1cc(OC(F)(F)F)ccc1C#CCBr. The van der Waals surface area contributed by atoms with E-state index in [1.807, 2.05) is 0 Å². The van der Waals surface area contributed by atoms with Gasteiger partial charge in [-0.25, -0.2) is 0 Å². The summed E-state index contributed by atoms with van der Waals surface area (Å²) in [6, 6.07) is 3.64. The quantitative estimate of drug-likeness (QED) is 0.491. The minimum atomic E-state index is -4.71. The van der Waals surface area contributed by atoms with Crippen molar-refractivity contribution in [1.82, 2.24) is 0 Å². The number of benzene rings is 1. The summed E-state index contributed by atoms with van der Waals surface area (Å²) in [6.07, 6.45) is -4.71. The molecule has 16 heavy (non-hydrogen) atoms. The van der Waals surface area contributed by atoms with Gasteiger partial charge in [-0.1, -0.05) is 27.8 Å². The van der Waals surface area contributed by atoms with E-state index in [4.69, 9.17) is 5.73 Å². The Balaban J connectivity index is 2.91. The van der Waals surface area contributed by atoms with Crippen molar-refractivity contribution < 1.29 is 17.9 Å². The standard InChI is InChI=1S/C10H7BrF3NO/c11-5-1-2-7-3-4-8(6-9(7)15)16-10(12,13)14/h3-4,6H,5,15H2. The van der Waals surface area contributed by atoms with Gasteiger partial charge >= 0.3 is 6.36 Å². The number of ether oxygens (including phenoxy) is 1. The van der Waals surface area contributed by atoms with Crippen LogP contribution in [0.25, 0.3) is 0 Å². The predicted octanol–water partition coefficient (Wildman–Crippen LogP) is 2.91. The van der Waals surface area contributed by atoms with Crippen LogP contribution < -0.4 is 10.5 Å². The highest BCUT2D eigenvalue weighted by Crippen LogP contribution is 2.25. The van der Waals surface area contributed by atoms with Gasteiger partial charge in [-0.3, -0.25) is 0 Å². The number of nitrogens with two attached hydrogens (primary N) is 1. The fourth-order valence-electron chi connectivity index (χ4n) is 0.980. The molecule has 2 nitrogen and oxygen atoms in total. The van der Waals surface area contributed by atoms with Crippen molar-refractivity contribution >= 4 is 21.6 Å². The molecule has 0 bridgehead atoms. The molecule has 0 saturated carbocycles. The van der Waals surface area contributed by atoms with Gasteiger partial charge in [-0.2, -0.15) is 0 Å². The Bertz CT molecular complexity index is 434. The number of halogens is 4. The first-order valence-corrected chi connectivity index (χ1v) is 5.24. The first kappa shape index (κ1) is 12.7. The second-order valence-electron chi connectivity index (χ2n) is 2.73. The van der Waals surface area contributed by atoms with Crippen molar-refractivity contribution in [2.24, 2.45) is 0 Å². The number of rotatable bonds is 1. The summed E-state index contributed by atoms with van der Waals surface area (Å²) in [5, 5.41) is 0.466. The Morgan fingerprint density at radius 3 is 2.56 bits per heavy atom. The largest absolute Gasteiger partial charge is 0.573 e. The first-order valence-electron chi connectivity index (χ1n) is 4.12. The second kappa shape index (κ2) is 5.12. The van der Waals surface area contributed by atoms with Crippen LogP contribution in [0.4, 0.5) is 18.9 Å². The Labute approximate surface area is 98.7 Å². The summed E-state index contributed by atoms with van der Waals surface area (Å²) in [7, 11) is 0. The third-order valence-corrected chi connectivity index (χ3v) is 1.83. The molecule has 0 spiro atoms. The Morgan fingerprint density at radius 2 is 2.06 bits per heavy atom. The van der Waals surface area contributed by atoms with Crippen LogP contribution in [0.5, 0.6) is 5.75 Å². The molecule has 0 aliphatic carbocycles. The molecule has 0 fully saturated rings. The highest BCUT2D eigenvalue weighted by atomic mass is 79.9. The zero-order chi connectivity index (χ0) is 12.2. The van der Waals surface area contributed by atoms with Crippen LogP contribution in [0.1, 0.15) is 5.56 Å². The topological polar surface area (TPSA) is 35.2 Å². The summed E-state index contributed by atoms with van der Waals surface area (Å²) in [5.74, 6) is 5.04. The minimum absolute atomic E-state index is 0.148. The zero-order valence-electron chi connectivity index (χ0n) is 7.94. The number of hydrogen-bond acceptors (Lipinski definition) is 2. The first-order chi connectivity index (χ1) is 7.42. The lowest BCUT2D eigenvalue weighted by Crippen LogP contribution is -2.17. The molecule has 0 heterocycles. The molecular formula is C10H7BrF3NO. The van der Waals surface area contributed by atoms with E-state index >= 15 is 0 Å². The van der Waals surface area contributed by atoms with Crippen LogP contribution in [0.2, 0.25) is 0 Å². The molecule has 1 aromatic rings. The van der Waals surface area contributed by atoms with E-state index in [1.54, 1.807) is 0 Å². The van der Waals surface area contributed by atoms with Crippen molar-refractivity contribution in [3.8, 4) is 17.6 Å². The van der Waals surface area contributed by atoms with Crippen molar-refractivity contribution in [2.75, 3.05) is 11.1 Å². The van der Waals surface area contributed by atoms with E-state index in [0.29, 0.717) is 10.9 Å². The molecule has 2 N–H and O–H groups in total. The monoisotopic (exact) mass is 293 g/mol. The summed E-state index contributed by atoms with van der Waals surface area (Å²) in [5.41, 5.74) is 6.13. The molecule has 0 aliphatic rings. The molecule has 1 rings (SSSR count). The molecule has 0 saturated heterocycles. The van der Waals surface area contributed by atoms with Gasteiger partial charge in [0.15, 0.2) is 0 Å².